The molecule has 0 spiro atoms. The van der Waals surface area contributed by atoms with E-state index < -0.39 is 11.7 Å². The zero-order valence-corrected chi connectivity index (χ0v) is 9.31. The Hall–Kier alpha value is -1.62. The molecule has 0 aliphatic rings. The molecule has 1 nitrogen and oxygen atoms in total. The molecule has 0 saturated carbocycles. The Balaban J connectivity index is 2.28. The number of hydrogen-bond acceptors (Lipinski definition) is 2. The van der Waals surface area contributed by atoms with Gasteiger partial charge in [0.15, 0.2) is 0 Å². The van der Waals surface area contributed by atoms with E-state index in [1.165, 1.54) is 23.5 Å². The summed E-state index contributed by atoms with van der Waals surface area (Å²) in [6.07, 6.45) is -4.37. The molecule has 0 N–H and O–H groups in total. The van der Waals surface area contributed by atoms with Crippen molar-refractivity contribution >= 4 is 17.1 Å². The Bertz CT molecular complexity index is 512. The molecule has 1 aromatic carbocycles. The maximum atomic E-state index is 12.3. The van der Waals surface area contributed by atoms with Gasteiger partial charge < -0.3 is 0 Å². The second-order valence-corrected chi connectivity index (χ2v) is 4.33. The third-order valence-electron chi connectivity index (χ3n) is 2.22. The zero-order chi connectivity index (χ0) is 12.5. The largest absolute Gasteiger partial charge is 0.416 e. The summed E-state index contributed by atoms with van der Waals surface area (Å²) < 4.78 is 36.9. The Kier molecular flexibility index (Phi) is 3.02. The number of carbonyl (C=O) groups excluding carboxylic acids is 1. The van der Waals surface area contributed by atoms with Crippen LogP contribution < -0.4 is 0 Å². The van der Waals surface area contributed by atoms with E-state index in [-0.39, 0.29) is 11.3 Å². The summed E-state index contributed by atoms with van der Waals surface area (Å²) in [4.78, 5) is 12.3. The predicted octanol–water partition coefficient (Wildman–Crippen LogP) is 4.00. The lowest BCUT2D eigenvalue weighted by Crippen LogP contribution is -2.06. The highest BCUT2D eigenvalue weighted by Gasteiger charge is 2.30. The van der Waals surface area contributed by atoms with Gasteiger partial charge in [-0.05, 0) is 23.6 Å². The highest BCUT2D eigenvalue weighted by Crippen LogP contribution is 2.29. The van der Waals surface area contributed by atoms with Crippen molar-refractivity contribution in [2.24, 2.45) is 0 Å². The first kappa shape index (κ1) is 11.9. The van der Waals surface area contributed by atoms with Gasteiger partial charge in [-0.25, -0.2) is 0 Å². The molecule has 0 fully saturated rings. The fourth-order valence-corrected chi connectivity index (χ4v) is 2.05. The van der Waals surface area contributed by atoms with Crippen molar-refractivity contribution in [3.05, 3.63) is 57.8 Å². The highest BCUT2D eigenvalue weighted by atomic mass is 32.1. The van der Waals surface area contributed by atoms with Gasteiger partial charge in [0.2, 0.25) is 5.78 Å². The van der Waals surface area contributed by atoms with Crippen LogP contribution in [0.1, 0.15) is 20.8 Å². The summed E-state index contributed by atoms with van der Waals surface area (Å²) in [6, 6.07) is 7.60. The Labute approximate surface area is 99.5 Å². The van der Waals surface area contributed by atoms with E-state index in [1.54, 1.807) is 17.5 Å². The van der Waals surface area contributed by atoms with E-state index in [9.17, 15) is 18.0 Å². The Morgan fingerprint density at radius 3 is 2.18 bits per heavy atom. The van der Waals surface area contributed by atoms with Gasteiger partial charge in [0.1, 0.15) is 0 Å². The molecule has 0 atom stereocenters. The fraction of sp³-hybridized carbons (Fsp3) is 0.0833. The van der Waals surface area contributed by atoms with Crippen LogP contribution in [0, 0.1) is 0 Å². The zero-order valence-electron chi connectivity index (χ0n) is 8.49. The van der Waals surface area contributed by atoms with Gasteiger partial charge in [0.25, 0.3) is 0 Å². The molecule has 0 radical (unpaired) electrons. The highest BCUT2D eigenvalue weighted by molar-refractivity contribution is 7.12. The van der Waals surface area contributed by atoms with Gasteiger partial charge in [-0.2, -0.15) is 13.2 Å². The third-order valence-corrected chi connectivity index (χ3v) is 3.09. The molecule has 1 aromatic heterocycles. The molecule has 0 amide bonds. The quantitative estimate of drug-likeness (QED) is 0.742. The van der Waals surface area contributed by atoms with Crippen molar-refractivity contribution < 1.29 is 18.0 Å². The van der Waals surface area contributed by atoms with E-state index in [0.717, 1.165) is 12.1 Å². The first-order chi connectivity index (χ1) is 7.98. The normalized spacial score (nSPS) is 11.5. The average molecular weight is 256 g/mol. The minimum Gasteiger partial charge on any atom is -0.288 e. The molecule has 0 aliphatic heterocycles. The lowest BCUT2D eigenvalue weighted by molar-refractivity contribution is -0.137. The molecule has 0 bridgehead atoms. The number of thiophene rings is 1. The van der Waals surface area contributed by atoms with Crippen LogP contribution in [0.3, 0.4) is 0 Å². The molecular weight excluding hydrogens is 249 g/mol. The first-order valence-electron chi connectivity index (χ1n) is 4.74. The number of halogens is 3. The number of carbonyl (C=O) groups is 1. The van der Waals surface area contributed by atoms with E-state index in [0.29, 0.717) is 4.88 Å². The van der Waals surface area contributed by atoms with Crippen molar-refractivity contribution in [2.75, 3.05) is 0 Å². The third kappa shape index (κ3) is 2.55. The lowest BCUT2D eigenvalue weighted by Gasteiger charge is -2.06. The van der Waals surface area contributed by atoms with E-state index in [1.807, 2.05) is 0 Å². The molecule has 17 heavy (non-hydrogen) atoms. The van der Waals surface area contributed by atoms with E-state index in [2.05, 4.69) is 0 Å². The monoisotopic (exact) mass is 256 g/mol. The number of rotatable bonds is 2. The molecular formula is C12H7F3OS. The smallest absolute Gasteiger partial charge is 0.288 e. The number of benzene rings is 1. The van der Waals surface area contributed by atoms with Crippen molar-refractivity contribution in [2.45, 2.75) is 6.18 Å². The van der Waals surface area contributed by atoms with Gasteiger partial charge in [-0.15, -0.1) is 11.3 Å². The standard InChI is InChI=1S/C12H7F3OS/c13-12(14,15)9-5-3-8(4-6-9)11(16)10-2-1-7-17-10/h1-7H. The van der Waals surface area contributed by atoms with Crippen LogP contribution >= 0.6 is 11.3 Å². The van der Waals surface area contributed by atoms with Gasteiger partial charge in [0, 0.05) is 5.56 Å². The summed E-state index contributed by atoms with van der Waals surface area (Å²) in [6.45, 7) is 0. The van der Waals surface area contributed by atoms with Crippen LogP contribution in [0.2, 0.25) is 0 Å². The lowest BCUT2D eigenvalue weighted by atomic mass is 10.1. The summed E-state index contributed by atoms with van der Waals surface area (Å²) in [5.41, 5.74) is -0.485. The van der Waals surface area contributed by atoms with Crippen LogP contribution in [0.25, 0.3) is 0 Å². The van der Waals surface area contributed by atoms with Crippen LogP contribution in [-0.2, 0) is 6.18 Å². The summed E-state index contributed by atoms with van der Waals surface area (Å²) in [7, 11) is 0. The number of alkyl halides is 3. The molecule has 5 heteroatoms. The van der Waals surface area contributed by atoms with Gasteiger partial charge in [-0.3, -0.25) is 4.79 Å². The van der Waals surface area contributed by atoms with Gasteiger partial charge >= 0.3 is 6.18 Å². The summed E-state index contributed by atoms with van der Waals surface area (Å²) >= 11 is 1.26. The molecule has 2 aromatic rings. The minimum atomic E-state index is -4.37. The molecule has 2 rings (SSSR count). The number of ketones is 1. The Morgan fingerprint density at radius 2 is 1.71 bits per heavy atom. The summed E-state index contributed by atoms with van der Waals surface area (Å²) in [5, 5.41) is 1.75. The van der Waals surface area contributed by atoms with Gasteiger partial charge in [-0.1, -0.05) is 18.2 Å². The Morgan fingerprint density at radius 1 is 1.06 bits per heavy atom. The van der Waals surface area contributed by atoms with Crippen LogP contribution in [0.15, 0.2) is 41.8 Å². The first-order valence-corrected chi connectivity index (χ1v) is 5.62. The molecule has 1 heterocycles. The maximum absolute atomic E-state index is 12.3. The summed E-state index contributed by atoms with van der Waals surface area (Å²) in [5.74, 6) is -0.256. The molecule has 0 unspecified atom stereocenters. The van der Waals surface area contributed by atoms with Gasteiger partial charge in [0.05, 0.1) is 10.4 Å². The number of hydrogen-bond donors (Lipinski definition) is 0. The van der Waals surface area contributed by atoms with E-state index >= 15 is 0 Å². The minimum absolute atomic E-state index is 0.256. The van der Waals surface area contributed by atoms with Crippen LogP contribution in [-0.4, -0.2) is 5.78 Å². The second-order valence-electron chi connectivity index (χ2n) is 3.38. The van der Waals surface area contributed by atoms with E-state index in [4.69, 9.17) is 0 Å². The predicted molar refractivity (Wildman–Crippen MR) is 59.2 cm³/mol. The average Bonchev–Trinajstić information content (AvgIpc) is 2.80. The van der Waals surface area contributed by atoms with Crippen LogP contribution in [0.5, 0.6) is 0 Å². The molecule has 0 saturated heterocycles. The molecule has 88 valence electrons. The molecule has 0 aliphatic carbocycles. The van der Waals surface area contributed by atoms with Crippen molar-refractivity contribution in [1.29, 1.82) is 0 Å². The van der Waals surface area contributed by atoms with Crippen molar-refractivity contribution in [3.63, 3.8) is 0 Å². The maximum Gasteiger partial charge on any atom is 0.416 e. The fourth-order valence-electron chi connectivity index (χ4n) is 1.36. The van der Waals surface area contributed by atoms with Crippen molar-refractivity contribution in [3.8, 4) is 0 Å². The SMILES string of the molecule is O=C(c1ccc(C(F)(F)F)cc1)c1cccs1. The van der Waals surface area contributed by atoms with Crippen molar-refractivity contribution in [1.82, 2.24) is 0 Å². The second kappa shape index (κ2) is 4.33. The van der Waals surface area contributed by atoms with Crippen LogP contribution in [0.4, 0.5) is 13.2 Å². The topological polar surface area (TPSA) is 17.1 Å².